The van der Waals surface area contributed by atoms with Gasteiger partial charge in [0.1, 0.15) is 22.7 Å². The van der Waals surface area contributed by atoms with Crippen LogP contribution in [-0.2, 0) is 22.7 Å². The molecular formula is C26H32N4O5. The third-order valence-electron chi connectivity index (χ3n) is 6.47. The number of amides is 3. The van der Waals surface area contributed by atoms with Gasteiger partial charge in [0.15, 0.2) is 0 Å². The van der Waals surface area contributed by atoms with E-state index in [1.165, 1.54) is 18.1 Å². The predicted octanol–water partition coefficient (Wildman–Crippen LogP) is 3.78. The molecule has 3 heterocycles. The van der Waals surface area contributed by atoms with Crippen molar-refractivity contribution < 1.29 is 23.5 Å². The highest BCUT2D eigenvalue weighted by Crippen LogP contribution is 2.40. The fourth-order valence-electron chi connectivity index (χ4n) is 4.56. The summed E-state index contributed by atoms with van der Waals surface area (Å²) in [4.78, 5) is 41.3. The zero-order valence-electron chi connectivity index (χ0n) is 20.8. The minimum absolute atomic E-state index is 0.115. The Kier molecular flexibility index (Phi) is 6.60. The minimum Gasteiger partial charge on any atom is -0.497 e. The third-order valence-corrected chi connectivity index (χ3v) is 6.47. The van der Waals surface area contributed by atoms with E-state index < -0.39 is 5.54 Å². The van der Waals surface area contributed by atoms with E-state index in [9.17, 15) is 14.4 Å². The molecular weight excluding hydrogens is 448 g/mol. The molecule has 4 rings (SSSR count). The Balaban J connectivity index is 1.86. The smallest absolute Gasteiger partial charge is 0.274 e. The van der Waals surface area contributed by atoms with Crippen molar-refractivity contribution in [1.82, 2.24) is 14.8 Å². The van der Waals surface area contributed by atoms with E-state index in [-0.39, 0.29) is 30.8 Å². The Labute approximate surface area is 204 Å². The Morgan fingerprint density at radius 3 is 2.66 bits per heavy atom. The molecule has 35 heavy (non-hydrogen) atoms. The van der Waals surface area contributed by atoms with Crippen molar-refractivity contribution in [1.29, 1.82) is 0 Å². The van der Waals surface area contributed by atoms with E-state index in [2.05, 4.69) is 24.5 Å². The Bertz CT molecular complexity index is 1260. The van der Waals surface area contributed by atoms with Gasteiger partial charge in [-0.15, -0.1) is 0 Å². The van der Waals surface area contributed by atoms with Crippen molar-refractivity contribution in [2.45, 2.75) is 52.7 Å². The summed E-state index contributed by atoms with van der Waals surface area (Å²) in [7, 11) is 1.56. The maximum absolute atomic E-state index is 14.1. The van der Waals surface area contributed by atoms with Gasteiger partial charge < -0.3 is 29.3 Å². The normalized spacial score (nSPS) is 17.5. The topological polar surface area (TPSA) is 106 Å². The first kappa shape index (κ1) is 24.4. The number of carbonyl (C=O) groups is 3. The summed E-state index contributed by atoms with van der Waals surface area (Å²) in [5, 5.41) is 6.53. The molecule has 1 aliphatic rings. The number of rotatable bonds is 8. The molecule has 0 spiro atoms. The summed E-state index contributed by atoms with van der Waals surface area (Å²) < 4.78 is 12.7. The first-order chi connectivity index (χ1) is 16.7. The van der Waals surface area contributed by atoms with Gasteiger partial charge in [0, 0.05) is 18.9 Å². The van der Waals surface area contributed by atoms with Crippen LogP contribution in [0.15, 0.2) is 41.0 Å². The monoisotopic (exact) mass is 480 g/mol. The number of hydrogen-bond acceptors (Lipinski definition) is 5. The summed E-state index contributed by atoms with van der Waals surface area (Å²) in [6.07, 6.45) is 2.37. The Morgan fingerprint density at radius 1 is 1.26 bits per heavy atom. The average Bonchev–Trinajstić information content (AvgIpc) is 3.42. The minimum atomic E-state index is -1.19. The molecule has 0 bridgehead atoms. The molecule has 1 aromatic carbocycles. The number of ether oxygens (including phenoxy) is 1. The number of aromatic nitrogens is 1. The molecule has 3 aromatic rings. The molecule has 0 unspecified atom stereocenters. The third kappa shape index (κ3) is 4.50. The van der Waals surface area contributed by atoms with Crippen LogP contribution in [-0.4, -0.2) is 46.4 Å². The molecule has 2 N–H and O–H groups in total. The maximum atomic E-state index is 14.1. The molecule has 0 saturated carbocycles. The number of anilines is 1. The van der Waals surface area contributed by atoms with Crippen molar-refractivity contribution in [2.75, 3.05) is 19.0 Å². The first-order valence-corrected chi connectivity index (χ1v) is 11.8. The highest BCUT2D eigenvalue weighted by molar-refractivity contribution is 6.14. The van der Waals surface area contributed by atoms with Crippen LogP contribution in [0.5, 0.6) is 5.75 Å². The average molecular weight is 481 g/mol. The number of methoxy groups -OCH3 is 1. The van der Waals surface area contributed by atoms with Gasteiger partial charge in [0.25, 0.3) is 5.91 Å². The molecule has 9 heteroatoms. The van der Waals surface area contributed by atoms with Crippen LogP contribution in [0.3, 0.4) is 0 Å². The van der Waals surface area contributed by atoms with Crippen LogP contribution >= 0.6 is 0 Å². The summed E-state index contributed by atoms with van der Waals surface area (Å²) in [6, 6.07) is 8.95. The lowest BCUT2D eigenvalue weighted by Crippen LogP contribution is -2.63. The van der Waals surface area contributed by atoms with Gasteiger partial charge in [0.2, 0.25) is 11.8 Å². The highest BCUT2D eigenvalue weighted by Gasteiger charge is 2.49. The van der Waals surface area contributed by atoms with E-state index in [0.717, 1.165) is 11.9 Å². The largest absolute Gasteiger partial charge is 0.497 e. The SMILES string of the molecule is COc1ccc2c(c1)c(NC(C)=O)c1n2C[C@@](C)(C(=O)NCCC(C)C)N(Cc2ccco2)C1=O. The fourth-order valence-corrected chi connectivity index (χ4v) is 4.56. The number of fused-ring (bicyclic) bond motifs is 3. The van der Waals surface area contributed by atoms with Gasteiger partial charge in [-0.05, 0) is 49.6 Å². The van der Waals surface area contributed by atoms with Crippen LogP contribution in [0.4, 0.5) is 5.69 Å². The first-order valence-electron chi connectivity index (χ1n) is 11.8. The molecule has 1 aliphatic heterocycles. The lowest BCUT2D eigenvalue weighted by atomic mass is 9.94. The lowest BCUT2D eigenvalue weighted by molar-refractivity contribution is -0.133. The number of hydrogen-bond donors (Lipinski definition) is 2. The number of furan rings is 1. The predicted molar refractivity (Wildman–Crippen MR) is 132 cm³/mol. The molecule has 0 aliphatic carbocycles. The van der Waals surface area contributed by atoms with Gasteiger partial charge in [-0.3, -0.25) is 14.4 Å². The van der Waals surface area contributed by atoms with Crippen molar-refractivity contribution in [3.8, 4) is 5.75 Å². The fraction of sp³-hybridized carbons (Fsp3) is 0.423. The second-order valence-electron chi connectivity index (χ2n) is 9.56. The molecule has 3 amide bonds. The summed E-state index contributed by atoms with van der Waals surface area (Å²) in [5.74, 6) is 0.694. The van der Waals surface area contributed by atoms with Crippen molar-refractivity contribution >= 4 is 34.3 Å². The van der Waals surface area contributed by atoms with E-state index in [1.54, 1.807) is 38.3 Å². The zero-order chi connectivity index (χ0) is 25.3. The number of nitrogens with zero attached hydrogens (tertiary/aromatic N) is 2. The van der Waals surface area contributed by atoms with Gasteiger partial charge in [-0.2, -0.15) is 0 Å². The van der Waals surface area contributed by atoms with Crippen LogP contribution in [0.25, 0.3) is 10.9 Å². The number of nitrogens with one attached hydrogen (secondary N) is 2. The molecule has 0 saturated heterocycles. The Morgan fingerprint density at radius 2 is 2.03 bits per heavy atom. The zero-order valence-corrected chi connectivity index (χ0v) is 20.8. The quantitative estimate of drug-likeness (QED) is 0.510. The van der Waals surface area contributed by atoms with E-state index in [4.69, 9.17) is 9.15 Å². The summed E-state index contributed by atoms with van der Waals surface area (Å²) in [6.45, 7) is 8.21. The molecule has 9 nitrogen and oxygen atoms in total. The van der Waals surface area contributed by atoms with E-state index >= 15 is 0 Å². The summed E-state index contributed by atoms with van der Waals surface area (Å²) >= 11 is 0. The molecule has 2 aromatic heterocycles. The van der Waals surface area contributed by atoms with Gasteiger partial charge >= 0.3 is 0 Å². The molecule has 1 atom stereocenters. The number of benzene rings is 1. The number of carbonyl (C=O) groups excluding carboxylic acids is 3. The van der Waals surface area contributed by atoms with Crippen LogP contribution < -0.4 is 15.4 Å². The second kappa shape index (κ2) is 9.48. The van der Waals surface area contributed by atoms with Crippen molar-refractivity contribution in [3.05, 3.63) is 48.0 Å². The van der Waals surface area contributed by atoms with E-state index in [1.807, 2.05) is 10.6 Å². The standard InChI is InChI=1S/C26H32N4O5/c1-16(2)10-11-27-25(33)26(4)15-29-21-9-8-18(34-5)13-20(21)22(28-17(3)31)23(29)24(32)30(26)14-19-7-6-12-35-19/h6-9,12-13,16H,10-11,14-15H2,1-5H3,(H,27,33)(H,28,31)/t26-/m0/s1. The summed E-state index contributed by atoms with van der Waals surface area (Å²) in [5.41, 5.74) is 0.273. The van der Waals surface area contributed by atoms with Crippen molar-refractivity contribution in [2.24, 2.45) is 5.92 Å². The van der Waals surface area contributed by atoms with Gasteiger partial charge in [0.05, 0.1) is 37.7 Å². The van der Waals surface area contributed by atoms with Crippen LogP contribution in [0.1, 0.15) is 50.4 Å². The Hall–Kier alpha value is -3.75. The molecule has 0 radical (unpaired) electrons. The van der Waals surface area contributed by atoms with E-state index in [0.29, 0.717) is 40.7 Å². The second-order valence-corrected chi connectivity index (χ2v) is 9.56. The van der Waals surface area contributed by atoms with Crippen LogP contribution in [0, 0.1) is 5.92 Å². The highest BCUT2D eigenvalue weighted by atomic mass is 16.5. The maximum Gasteiger partial charge on any atom is 0.274 e. The van der Waals surface area contributed by atoms with Gasteiger partial charge in [-0.1, -0.05) is 13.8 Å². The van der Waals surface area contributed by atoms with Crippen molar-refractivity contribution in [3.63, 3.8) is 0 Å². The van der Waals surface area contributed by atoms with Crippen LogP contribution in [0.2, 0.25) is 0 Å². The lowest BCUT2D eigenvalue weighted by Gasteiger charge is -2.44. The van der Waals surface area contributed by atoms with Gasteiger partial charge in [-0.25, -0.2) is 0 Å². The molecule has 186 valence electrons. The molecule has 0 fully saturated rings.